The van der Waals surface area contributed by atoms with Gasteiger partial charge in [-0.15, -0.1) is 11.8 Å². The Morgan fingerprint density at radius 3 is 2.84 bits per heavy atom. The molecule has 4 aromatic rings. The zero-order chi connectivity index (χ0) is 22.1. The van der Waals surface area contributed by atoms with E-state index < -0.39 is 5.91 Å². The number of para-hydroxylation sites is 1. The van der Waals surface area contributed by atoms with Crippen molar-refractivity contribution < 1.29 is 9.32 Å². The molecule has 1 amide bonds. The molecule has 5 rings (SSSR count). The molecule has 1 N–H and O–H groups in total. The van der Waals surface area contributed by atoms with Gasteiger partial charge in [0.05, 0.1) is 23.2 Å². The Morgan fingerprint density at radius 2 is 2.06 bits per heavy atom. The molecule has 7 nitrogen and oxygen atoms in total. The summed E-state index contributed by atoms with van der Waals surface area (Å²) in [4.78, 5) is 31.9. The number of rotatable bonds is 4. The van der Waals surface area contributed by atoms with Crippen LogP contribution in [0.3, 0.4) is 0 Å². The third-order valence-corrected chi connectivity index (χ3v) is 6.71. The number of hydrogen-bond acceptors (Lipinski definition) is 6. The van der Waals surface area contributed by atoms with E-state index in [9.17, 15) is 9.59 Å². The number of fused-ring (bicyclic) bond motifs is 3. The van der Waals surface area contributed by atoms with Crippen LogP contribution in [0.25, 0.3) is 5.69 Å². The van der Waals surface area contributed by atoms with E-state index in [1.807, 2.05) is 47.9 Å². The summed E-state index contributed by atoms with van der Waals surface area (Å²) >= 11 is 1.69. The predicted molar refractivity (Wildman–Crippen MR) is 121 cm³/mol. The molecular formula is C24H20N4O3S. The SMILES string of the molecule is Cc1cc(=O)c(C(=O)NCc2ccon2)c2n1-c1ccccc1S[C@H](c1ccccn1)C2. The molecule has 0 bridgehead atoms. The normalized spacial score (nSPS) is 14.8. The highest BCUT2D eigenvalue weighted by molar-refractivity contribution is 7.99. The van der Waals surface area contributed by atoms with Gasteiger partial charge in [-0.1, -0.05) is 23.4 Å². The number of hydrogen-bond donors (Lipinski definition) is 1. The van der Waals surface area contributed by atoms with Gasteiger partial charge in [-0.25, -0.2) is 0 Å². The van der Waals surface area contributed by atoms with Crippen LogP contribution in [0.5, 0.6) is 0 Å². The van der Waals surface area contributed by atoms with Crippen LogP contribution >= 0.6 is 11.8 Å². The molecule has 0 saturated heterocycles. The summed E-state index contributed by atoms with van der Waals surface area (Å²) in [6, 6.07) is 17.0. The fourth-order valence-electron chi connectivity index (χ4n) is 4.00. The topological polar surface area (TPSA) is 90.0 Å². The molecule has 3 aromatic heterocycles. The van der Waals surface area contributed by atoms with Gasteiger partial charge in [0.2, 0.25) is 0 Å². The molecule has 1 aliphatic heterocycles. The summed E-state index contributed by atoms with van der Waals surface area (Å²) in [5.41, 5.74) is 3.77. The Hall–Kier alpha value is -3.65. The molecule has 0 fully saturated rings. The third kappa shape index (κ3) is 3.73. The number of amides is 1. The van der Waals surface area contributed by atoms with Crippen LogP contribution in [0.2, 0.25) is 0 Å². The van der Waals surface area contributed by atoms with E-state index in [1.54, 1.807) is 24.0 Å². The van der Waals surface area contributed by atoms with Gasteiger partial charge in [0, 0.05) is 41.0 Å². The van der Waals surface area contributed by atoms with Crippen molar-refractivity contribution >= 4 is 17.7 Å². The zero-order valence-electron chi connectivity index (χ0n) is 17.3. The van der Waals surface area contributed by atoms with Crippen molar-refractivity contribution in [2.45, 2.75) is 30.0 Å². The molecule has 32 heavy (non-hydrogen) atoms. The van der Waals surface area contributed by atoms with Gasteiger partial charge in [0.1, 0.15) is 17.5 Å². The highest BCUT2D eigenvalue weighted by atomic mass is 32.2. The fraction of sp³-hybridized carbons (Fsp3) is 0.167. The Morgan fingerprint density at radius 1 is 1.22 bits per heavy atom. The number of aromatic nitrogens is 3. The van der Waals surface area contributed by atoms with Crippen LogP contribution in [0, 0.1) is 6.92 Å². The molecular weight excluding hydrogens is 424 g/mol. The average Bonchev–Trinajstić information content (AvgIpc) is 3.26. The lowest BCUT2D eigenvalue weighted by atomic mass is 10.0. The summed E-state index contributed by atoms with van der Waals surface area (Å²) in [6.07, 6.45) is 3.70. The van der Waals surface area contributed by atoms with E-state index in [0.29, 0.717) is 17.8 Å². The molecule has 1 aromatic carbocycles. The average molecular weight is 445 g/mol. The van der Waals surface area contributed by atoms with Crippen molar-refractivity contribution in [2.24, 2.45) is 0 Å². The second-order valence-corrected chi connectivity index (χ2v) is 8.76. The number of benzene rings is 1. The lowest BCUT2D eigenvalue weighted by Gasteiger charge is -2.19. The predicted octanol–water partition coefficient (Wildman–Crippen LogP) is 3.85. The van der Waals surface area contributed by atoms with Crippen molar-refractivity contribution in [1.82, 2.24) is 20.0 Å². The van der Waals surface area contributed by atoms with Crippen molar-refractivity contribution in [2.75, 3.05) is 0 Å². The summed E-state index contributed by atoms with van der Waals surface area (Å²) in [6.45, 7) is 2.07. The minimum absolute atomic E-state index is 0.0469. The van der Waals surface area contributed by atoms with Crippen molar-refractivity contribution in [3.8, 4) is 5.69 Å². The Labute approximate surface area is 188 Å². The first-order valence-electron chi connectivity index (χ1n) is 10.2. The number of thioether (sulfide) groups is 1. The number of pyridine rings is 2. The van der Waals surface area contributed by atoms with Crippen LogP contribution in [-0.4, -0.2) is 20.6 Å². The third-order valence-electron chi connectivity index (χ3n) is 5.42. The monoisotopic (exact) mass is 444 g/mol. The van der Waals surface area contributed by atoms with Crippen LogP contribution in [0.4, 0.5) is 0 Å². The van der Waals surface area contributed by atoms with E-state index in [0.717, 1.165) is 22.0 Å². The van der Waals surface area contributed by atoms with Gasteiger partial charge in [-0.05, 0) is 31.2 Å². The van der Waals surface area contributed by atoms with E-state index in [4.69, 9.17) is 4.52 Å². The Bertz CT molecular complexity index is 1330. The highest BCUT2D eigenvalue weighted by Gasteiger charge is 2.29. The molecule has 1 aliphatic rings. The van der Waals surface area contributed by atoms with Gasteiger partial charge in [0.15, 0.2) is 5.43 Å². The largest absolute Gasteiger partial charge is 0.364 e. The maximum absolute atomic E-state index is 13.2. The molecule has 0 radical (unpaired) electrons. The Balaban J connectivity index is 1.65. The van der Waals surface area contributed by atoms with Gasteiger partial charge in [0.25, 0.3) is 5.91 Å². The quantitative estimate of drug-likeness (QED) is 0.514. The first-order chi connectivity index (χ1) is 15.6. The molecule has 4 heterocycles. The second-order valence-electron chi connectivity index (χ2n) is 7.51. The second kappa shape index (κ2) is 8.47. The van der Waals surface area contributed by atoms with Crippen molar-refractivity contribution in [3.05, 3.63) is 106 Å². The summed E-state index contributed by atoms with van der Waals surface area (Å²) in [5.74, 6) is -0.425. The molecule has 0 saturated carbocycles. The van der Waals surface area contributed by atoms with Crippen LogP contribution in [0.15, 0.2) is 81.3 Å². The number of aryl methyl sites for hydroxylation is 1. The summed E-state index contributed by atoms with van der Waals surface area (Å²) in [5, 5.41) is 6.58. The zero-order valence-corrected chi connectivity index (χ0v) is 18.1. The first-order valence-corrected chi connectivity index (χ1v) is 11.1. The van der Waals surface area contributed by atoms with Crippen LogP contribution < -0.4 is 10.7 Å². The number of carbonyl (C=O) groups is 1. The molecule has 1 atom stereocenters. The van der Waals surface area contributed by atoms with Crippen molar-refractivity contribution in [1.29, 1.82) is 0 Å². The molecule has 0 unspecified atom stereocenters. The Kier molecular flexibility index (Phi) is 5.36. The smallest absolute Gasteiger partial charge is 0.257 e. The van der Waals surface area contributed by atoms with E-state index in [1.165, 1.54) is 12.3 Å². The van der Waals surface area contributed by atoms with Gasteiger partial charge >= 0.3 is 0 Å². The van der Waals surface area contributed by atoms with Crippen LogP contribution in [0.1, 0.15) is 38.4 Å². The number of carbonyl (C=O) groups excluding carboxylic acids is 1. The number of nitrogens with zero attached hydrogens (tertiary/aromatic N) is 3. The maximum Gasteiger partial charge on any atom is 0.257 e. The van der Waals surface area contributed by atoms with E-state index in [2.05, 4.69) is 21.5 Å². The first kappa shape index (κ1) is 20.3. The van der Waals surface area contributed by atoms with Crippen LogP contribution in [-0.2, 0) is 13.0 Å². The minimum atomic E-state index is -0.425. The fourth-order valence-corrected chi connectivity index (χ4v) is 5.24. The minimum Gasteiger partial charge on any atom is -0.364 e. The lowest BCUT2D eigenvalue weighted by molar-refractivity contribution is 0.0947. The summed E-state index contributed by atoms with van der Waals surface area (Å²) in [7, 11) is 0. The molecule has 0 aliphatic carbocycles. The number of nitrogens with one attached hydrogen (secondary N) is 1. The molecule has 160 valence electrons. The molecule has 0 spiro atoms. The van der Waals surface area contributed by atoms with Gasteiger partial charge in [-0.3, -0.25) is 14.6 Å². The maximum atomic E-state index is 13.2. The van der Waals surface area contributed by atoms with Gasteiger partial charge < -0.3 is 14.4 Å². The highest BCUT2D eigenvalue weighted by Crippen LogP contribution is 2.43. The van der Waals surface area contributed by atoms with Crippen molar-refractivity contribution in [3.63, 3.8) is 0 Å². The van der Waals surface area contributed by atoms with E-state index in [-0.39, 0.29) is 22.8 Å². The lowest BCUT2D eigenvalue weighted by Crippen LogP contribution is -2.32. The standard InChI is InChI=1S/C24H20N4O3S/c1-15-12-20(29)23(24(30)26-14-16-9-11-31-27-16)19-13-22(17-6-4-5-10-25-17)32-21-8-3-2-7-18(21)28(15)19/h2-12,22H,13-14H2,1H3,(H,26,30)/t22-/m0/s1. The van der Waals surface area contributed by atoms with E-state index >= 15 is 0 Å². The summed E-state index contributed by atoms with van der Waals surface area (Å²) < 4.78 is 6.85. The van der Waals surface area contributed by atoms with Gasteiger partial charge in [-0.2, -0.15) is 0 Å². The molecule has 8 heteroatoms.